The number of amides is 1. The number of Topliss-reactive ketones (excluding diaryl/α,β-unsaturated/α-hetero) is 3. The fourth-order valence-electron chi connectivity index (χ4n) is 12.4. The van der Waals surface area contributed by atoms with E-state index in [1.165, 1.54) is 7.11 Å². The first-order valence-corrected chi connectivity index (χ1v) is 30.0. The largest absolute Gasteiger partial charge is 0.459 e. The van der Waals surface area contributed by atoms with E-state index in [0.29, 0.717) is 82.3 Å². The number of fused-ring (bicyclic) bond motifs is 3. The first-order valence-electron chi connectivity index (χ1n) is 30.0. The highest BCUT2D eigenvalue weighted by Gasteiger charge is 2.53. The molecule has 0 unspecified atom stereocenters. The molecule has 1 saturated carbocycles. The number of nitrogens with two attached hydrogens (primary N) is 1. The predicted molar refractivity (Wildman–Crippen MR) is 321 cm³/mol. The second-order valence-electron chi connectivity index (χ2n) is 23.8. The van der Waals surface area contributed by atoms with Gasteiger partial charge in [0.2, 0.25) is 11.7 Å². The molecule has 3 aromatic rings. The smallest absolute Gasteiger partial charge is 0.329 e. The Morgan fingerprint density at radius 3 is 2.35 bits per heavy atom. The average Bonchev–Trinajstić information content (AvgIpc) is 4.20. The lowest BCUT2D eigenvalue weighted by Crippen LogP contribution is -2.61. The molecule has 5 heterocycles. The van der Waals surface area contributed by atoms with Crippen LogP contribution in [0.2, 0.25) is 0 Å². The minimum Gasteiger partial charge on any atom is -0.459 e. The van der Waals surface area contributed by atoms with Crippen molar-refractivity contribution in [2.75, 3.05) is 39.7 Å². The lowest BCUT2D eigenvalue weighted by atomic mass is 9.79. The number of esters is 1. The molecular formula is C65H88N8O12. The molecule has 85 heavy (non-hydrogen) atoms. The quantitative estimate of drug-likeness (QED) is 0.0626. The van der Waals surface area contributed by atoms with Crippen molar-refractivity contribution in [1.29, 1.82) is 0 Å². The Balaban J connectivity index is 1.14. The van der Waals surface area contributed by atoms with Gasteiger partial charge >= 0.3 is 5.97 Å². The van der Waals surface area contributed by atoms with Crippen LogP contribution in [0.3, 0.4) is 0 Å². The van der Waals surface area contributed by atoms with Gasteiger partial charge in [-0.25, -0.2) is 19.4 Å². The van der Waals surface area contributed by atoms with Gasteiger partial charge in [-0.1, -0.05) is 93.5 Å². The maximum atomic E-state index is 14.7. The summed E-state index contributed by atoms with van der Waals surface area (Å²) in [5, 5.41) is 35.6. The van der Waals surface area contributed by atoms with Crippen LogP contribution in [0.4, 0.5) is 5.95 Å². The van der Waals surface area contributed by atoms with E-state index in [0.717, 1.165) is 32.9 Å². The number of benzene rings is 1. The highest BCUT2D eigenvalue weighted by atomic mass is 16.6. The number of aromatic nitrogens is 5. The van der Waals surface area contributed by atoms with E-state index in [-0.39, 0.29) is 54.9 Å². The molecule has 1 amide bonds. The third-order valence-electron chi connectivity index (χ3n) is 17.6. The molecule has 0 spiro atoms. The zero-order valence-electron chi connectivity index (χ0n) is 50.8. The van der Waals surface area contributed by atoms with Gasteiger partial charge < -0.3 is 49.8 Å². The molecule has 2 saturated heterocycles. The Kier molecular flexibility index (Phi) is 23.8. The number of anilines is 1. The van der Waals surface area contributed by atoms with Crippen molar-refractivity contribution in [2.45, 2.75) is 179 Å². The molecule has 1 aliphatic carbocycles. The second kappa shape index (κ2) is 30.7. The van der Waals surface area contributed by atoms with Crippen LogP contribution < -0.4 is 11.1 Å². The van der Waals surface area contributed by atoms with Gasteiger partial charge in [0.25, 0.3) is 11.7 Å². The molecule has 3 fully saturated rings. The Morgan fingerprint density at radius 1 is 0.882 bits per heavy atom. The summed E-state index contributed by atoms with van der Waals surface area (Å²) in [4.78, 5) is 82.0. The molecule has 0 radical (unpaired) electrons. The molecular weight excluding hydrogens is 1080 g/mol. The number of piperidine rings is 1. The fraction of sp³-hybridized carbons (Fsp3) is 0.585. The van der Waals surface area contributed by atoms with Gasteiger partial charge in [0.1, 0.15) is 30.1 Å². The number of ether oxygens (including phenoxy) is 5. The second-order valence-corrected chi connectivity index (χ2v) is 23.8. The SMILES string of the molecule is C#CCNc1ncc(-c2cccc(-c3cnnn3[C@H]3CC[C@@H](C[C@@H](N)[C@@H]4CC(=O)[C@H](C)/C=C(\C)[C@@H](O)[C@@H](OC)C(=O)[C@H](C)C[C@H](C)/C=C/C=C/C=C(\C)[C@@H](OC)C[C@@H]5CC[C@@H](C)[C@@](O)(O5)C(=O)C(=O)N5CCCC[C@H]5C(=O)O4)C[C@H]3OC)c2)cn1. The Labute approximate surface area is 500 Å². The normalized spacial score (nSPS) is 33.5. The highest BCUT2D eigenvalue weighted by Crippen LogP contribution is 2.40. The van der Waals surface area contributed by atoms with Gasteiger partial charge in [-0.2, -0.15) is 0 Å². The number of methoxy groups -OCH3 is 3. The van der Waals surface area contributed by atoms with Crippen LogP contribution in [0, 0.1) is 41.9 Å². The van der Waals surface area contributed by atoms with Crippen molar-refractivity contribution in [2.24, 2.45) is 35.3 Å². The molecule has 460 valence electrons. The Hall–Kier alpha value is -6.57. The predicted octanol–water partition coefficient (Wildman–Crippen LogP) is 7.51. The minimum atomic E-state index is -2.48. The number of allylic oxidation sites excluding steroid dienone is 6. The topological polar surface area (TPSA) is 270 Å². The number of rotatable bonds is 11. The van der Waals surface area contributed by atoms with Crippen molar-refractivity contribution in [3.63, 3.8) is 0 Å². The van der Waals surface area contributed by atoms with Gasteiger partial charge in [-0.15, -0.1) is 11.5 Å². The van der Waals surface area contributed by atoms with E-state index in [1.54, 1.807) is 66.6 Å². The van der Waals surface area contributed by atoms with Crippen molar-refractivity contribution in [3.8, 4) is 34.7 Å². The summed E-state index contributed by atoms with van der Waals surface area (Å²) in [6.45, 7) is 11.0. The van der Waals surface area contributed by atoms with Crippen LogP contribution in [0.15, 0.2) is 90.5 Å². The molecule has 3 aliphatic heterocycles. The van der Waals surface area contributed by atoms with E-state index < -0.39 is 83.8 Å². The number of terminal acetylenes is 1. The van der Waals surface area contributed by atoms with Crippen molar-refractivity contribution >= 4 is 35.2 Å². The minimum absolute atomic E-state index is 0.0105. The molecule has 2 aromatic heterocycles. The molecule has 5 N–H and O–H groups in total. The zero-order chi connectivity index (χ0) is 61.5. The first kappa shape index (κ1) is 66.0. The first-order chi connectivity index (χ1) is 40.7. The van der Waals surface area contributed by atoms with E-state index in [2.05, 4.69) is 31.5 Å². The standard InChI is InChI=1S/C65H88N8O12/c1-11-27-67-64-68-36-48(37-69-64)46-20-17-21-47(33-46)53-38-70-71-73(53)51-26-24-45(32-57(51)82-9)31-50(66)56-35-54(74)41(4)30-43(6)59(76)60(83-10)58(75)42(5)29-39(2)18-13-12-14-19-40(3)55(81-8)34-49-25-23-44(7)65(80,85-49)61(77)62(78)72-28-16-15-22-52(72)63(79)84-56/h1,12-14,17-21,30,33,36-39,41-42,44-45,49-52,55-57,59-60,76,80H,15-16,22-29,31-32,34-35,66H2,2-10H3,(H,67,68,69)/b14-12+,18-13+,40-19+,43-30+/t39-,41-,42-,44-,45+,49+,50-,51+,52+,55+,56+,57-,59-,60+,65-/m1/s1. The average molecular weight is 1170 g/mol. The summed E-state index contributed by atoms with van der Waals surface area (Å²) < 4.78 is 32.1. The zero-order valence-corrected chi connectivity index (χ0v) is 50.8. The molecule has 15 atom stereocenters. The molecule has 20 nitrogen and oxygen atoms in total. The highest BCUT2D eigenvalue weighted by molar-refractivity contribution is 6.39. The van der Waals surface area contributed by atoms with E-state index >= 15 is 0 Å². The van der Waals surface area contributed by atoms with Crippen LogP contribution in [-0.2, 0) is 47.7 Å². The number of aliphatic hydroxyl groups excluding tert-OH is 1. The van der Waals surface area contributed by atoms with Crippen molar-refractivity contribution < 1.29 is 57.9 Å². The molecule has 20 heteroatoms. The van der Waals surface area contributed by atoms with E-state index in [1.807, 2.05) is 73.2 Å². The molecule has 4 aliphatic rings. The van der Waals surface area contributed by atoms with Crippen LogP contribution in [-0.4, -0.2) is 158 Å². The number of nitrogens with zero attached hydrogens (tertiary/aromatic N) is 6. The molecule has 1 aromatic carbocycles. The molecule has 2 bridgehead atoms. The van der Waals surface area contributed by atoms with E-state index in [9.17, 15) is 34.2 Å². The summed E-state index contributed by atoms with van der Waals surface area (Å²) >= 11 is 0. The third kappa shape index (κ3) is 16.5. The van der Waals surface area contributed by atoms with Gasteiger partial charge in [0.15, 0.2) is 5.78 Å². The number of nitrogens with one attached hydrogen (secondary N) is 1. The van der Waals surface area contributed by atoms with Crippen LogP contribution in [0.5, 0.6) is 0 Å². The van der Waals surface area contributed by atoms with Crippen molar-refractivity contribution in [3.05, 3.63) is 90.5 Å². The van der Waals surface area contributed by atoms with Crippen molar-refractivity contribution in [1.82, 2.24) is 29.9 Å². The number of hydrogen-bond donors (Lipinski definition) is 4. The monoisotopic (exact) mass is 1170 g/mol. The van der Waals surface area contributed by atoms with Crippen LogP contribution in [0.25, 0.3) is 22.4 Å². The van der Waals surface area contributed by atoms with Gasteiger partial charge in [0.05, 0.1) is 42.8 Å². The Bertz CT molecular complexity index is 2950. The summed E-state index contributed by atoms with van der Waals surface area (Å²) in [7, 11) is 4.59. The molecule has 7 rings (SSSR count). The number of hydrogen-bond acceptors (Lipinski definition) is 18. The van der Waals surface area contributed by atoms with Crippen LogP contribution in [0.1, 0.15) is 125 Å². The van der Waals surface area contributed by atoms with Gasteiger partial charge in [-0.3, -0.25) is 19.2 Å². The lowest BCUT2D eigenvalue weighted by molar-refractivity contribution is -0.265. The number of carbonyl (C=O) groups is 5. The summed E-state index contributed by atoms with van der Waals surface area (Å²) in [6.07, 6.45) is 21.2. The summed E-state index contributed by atoms with van der Waals surface area (Å²) in [6, 6.07) is 5.60. The fourth-order valence-corrected chi connectivity index (χ4v) is 12.4. The van der Waals surface area contributed by atoms with Gasteiger partial charge in [0, 0.05) is 88.0 Å². The van der Waals surface area contributed by atoms with Crippen LogP contribution >= 0.6 is 0 Å². The van der Waals surface area contributed by atoms with Gasteiger partial charge in [-0.05, 0) is 113 Å². The Morgan fingerprint density at radius 2 is 1.64 bits per heavy atom. The van der Waals surface area contributed by atoms with E-state index in [4.69, 9.17) is 35.8 Å². The number of aliphatic hydroxyl groups is 2. The maximum absolute atomic E-state index is 14.7. The summed E-state index contributed by atoms with van der Waals surface area (Å²) in [5.41, 5.74) is 11.7. The number of cyclic esters (lactones) is 1. The maximum Gasteiger partial charge on any atom is 0.329 e. The lowest BCUT2D eigenvalue weighted by Gasteiger charge is -2.42. The number of carbonyl (C=O) groups excluding carboxylic acids is 5. The number of ketones is 3. The third-order valence-corrected chi connectivity index (χ3v) is 17.6. The summed E-state index contributed by atoms with van der Waals surface area (Å²) in [5.74, 6) is -5.39.